The monoisotopic (exact) mass is 297 g/mol. The normalized spacial score (nSPS) is 11.0. The highest BCUT2D eigenvalue weighted by molar-refractivity contribution is 5.88. The molecule has 0 radical (unpaired) electrons. The zero-order valence-corrected chi connectivity index (χ0v) is 12.8. The molecule has 3 rings (SSSR count). The summed E-state index contributed by atoms with van der Waals surface area (Å²) in [5.41, 5.74) is 2.96. The third-order valence-electron chi connectivity index (χ3n) is 3.70. The molecule has 0 bridgehead atoms. The molecule has 0 aliphatic rings. The zero-order valence-electron chi connectivity index (χ0n) is 12.8. The fraction of sp³-hybridized carbons (Fsp3) is 0.294. The number of benzene rings is 1. The second-order valence-corrected chi connectivity index (χ2v) is 5.38. The van der Waals surface area contributed by atoms with Gasteiger partial charge in [0.25, 0.3) is 0 Å². The Bertz CT molecular complexity index is 801. The second kappa shape index (κ2) is 6.05. The third-order valence-corrected chi connectivity index (χ3v) is 3.70. The van der Waals surface area contributed by atoms with E-state index in [9.17, 15) is 4.79 Å². The number of amides is 1. The minimum atomic E-state index is 0.0126. The van der Waals surface area contributed by atoms with Gasteiger partial charge < -0.3 is 14.7 Å². The lowest BCUT2D eigenvalue weighted by Gasteiger charge is -2.04. The molecule has 5 heteroatoms. The molecule has 2 heterocycles. The first-order valence-corrected chi connectivity index (χ1v) is 7.38. The van der Waals surface area contributed by atoms with Crippen molar-refractivity contribution in [1.82, 2.24) is 15.3 Å². The zero-order chi connectivity index (χ0) is 15.5. The largest absolute Gasteiger partial charge is 0.446 e. The standard InChI is InChI=1S/C17H19N3O2/c1-11-16(22-12(2)20-11)7-8-18-17(21)9-13-10-19-15-6-4-3-5-14(13)15/h3-6,10,19H,7-9H2,1-2H3,(H,18,21). The fourth-order valence-corrected chi connectivity index (χ4v) is 2.63. The number of carbonyl (C=O) groups excluding carboxylic acids is 1. The van der Waals surface area contributed by atoms with Crippen molar-refractivity contribution < 1.29 is 9.21 Å². The molecule has 5 nitrogen and oxygen atoms in total. The van der Waals surface area contributed by atoms with E-state index in [4.69, 9.17) is 4.42 Å². The van der Waals surface area contributed by atoms with Crippen LogP contribution in [0.1, 0.15) is 22.9 Å². The lowest BCUT2D eigenvalue weighted by molar-refractivity contribution is -0.120. The van der Waals surface area contributed by atoms with Crippen molar-refractivity contribution in [3.05, 3.63) is 53.4 Å². The second-order valence-electron chi connectivity index (χ2n) is 5.38. The quantitative estimate of drug-likeness (QED) is 0.760. The summed E-state index contributed by atoms with van der Waals surface area (Å²) in [6.45, 7) is 4.29. The van der Waals surface area contributed by atoms with Gasteiger partial charge in [0.1, 0.15) is 5.76 Å². The number of nitrogens with zero attached hydrogens (tertiary/aromatic N) is 1. The molecule has 114 valence electrons. The average molecular weight is 297 g/mol. The van der Waals surface area contributed by atoms with Gasteiger partial charge in [0.15, 0.2) is 5.89 Å². The number of oxazole rings is 1. The predicted octanol–water partition coefficient (Wildman–Crippen LogP) is 2.67. The number of nitrogens with one attached hydrogen (secondary N) is 2. The van der Waals surface area contributed by atoms with Crippen LogP contribution >= 0.6 is 0 Å². The maximum Gasteiger partial charge on any atom is 0.224 e. The minimum absolute atomic E-state index is 0.0126. The van der Waals surface area contributed by atoms with Crippen LogP contribution < -0.4 is 5.32 Å². The van der Waals surface area contributed by atoms with E-state index in [0.29, 0.717) is 25.3 Å². The number of hydrogen-bond acceptors (Lipinski definition) is 3. The summed E-state index contributed by atoms with van der Waals surface area (Å²) in [6, 6.07) is 7.98. The van der Waals surface area contributed by atoms with Gasteiger partial charge in [-0.1, -0.05) is 18.2 Å². The number of fused-ring (bicyclic) bond motifs is 1. The predicted molar refractivity (Wildman–Crippen MR) is 84.7 cm³/mol. The first-order valence-electron chi connectivity index (χ1n) is 7.38. The maximum atomic E-state index is 12.1. The highest BCUT2D eigenvalue weighted by Gasteiger charge is 2.10. The van der Waals surface area contributed by atoms with Crippen molar-refractivity contribution in [2.24, 2.45) is 0 Å². The first kappa shape index (κ1) is 14.4. The molecule has 0 fully saturated rings. The summed E-state index contributed by atoms with van der Waals surface area (Å²) < 4.78 is 5.49. The minimum Gasteiger partial charge on any atom is -0.446 e. The Balaban J connectivity index is 1.55. The number of aromatic amines is 1. The molecular weight excluding hydrogens is 278 g/mol. The topological polar surface area (TPSA) is 70.9 Å². The van der Waals surface area contributed by atoms with Crippen molar-refractivity contribution >= 4 is 16.8 Å². The van der Waals surface area contributed by atoms with Gasteiger partial charge in [-0.3, -0.25) is 4.79 Å². The molecule has 0 aliphatic heterocycles. The van der Waals surface area contributed by atoms with E-state index in [1.54, 1.807) is 0 Å². The molecule has 1 amide bonds. The molecule has 0 atom stereocenters. The van der Waals surface area contributed by atoms with Crippen LogP contribution in [-0.2, 0) is 17.6 Å². The number of aromatic nitrogens is 2. The van der Waals surface area contributed by atoms with Crippen LogP contribution in [0.4, 0.5) is 0 Å². The Kier molecular flexibility index (Phi) is 3.96. The SMILES string of the molecule is Cc1nc(C)c(CCNC(=O)Cc2c[nH]c3ccccc23)o1. The van der Waals surface area contributed by atoms with Crippen molar-refractivity contribution in [2.75, 3.05) is 6.54 Å². The Morgan fingerprint density at radius 2 is 2.14 bits per heavy atom. The van der Waals surface area contributed by atoms with Crippen LogP contribution in [0.2, 0.25) is 0 Å². The number of H-pyrrole nitrogens is 1. The van der Waals surface area contributed by atoms with E-state index in [1.165, 1.54) is 0 Å². The summed E-state index contributed by atoms with van der Waals surface area (Å²) in [4.78, 5) is 19.5. The molecule has 0 saturated heterocycles. The molecule has 0 unspecified atom stereocenters. The third kappa shape index (κ3) is 3.03. The lowest BCUT2D eigenvalue weighted by atomic mass is 10.1. The summed E-state index contributed by atoms with van der Waals surface area (Å²) in [7, 11) is 0. The first-order chi connectivity index (χ1) is 10.6. The molecule has 0 aliphatic carbocycles. The maximum absolute atomic E-state index is 12.1. The van der Waals surface area contributed by atoms with Crippen molar-refractivity contribution in [3.63, 3.8) is 0 Å². The van der Waals surface area contributed by atoms with Gasteiger partial charge in [-0.25, -0.2) is 4.98 Å². The van der Waals surface area contributed by atoms with E-state index < -0.39 is 0 Å². The van der Waals surface area contributed by atoms with E-state index in [-0.39, 0.29) is 5.91 Å². The molecule has 0 spiro atoms. The van der Waals surface area contributed by atoms with Crippen molar-refractivity contribution in [2.45, 2.75) is 26.7 Å². The summed E-state index contributed by atoms with van der Waals surface area (Å²) in [5, 5.41) is 4.03. The van der Waals surface area contributed by atoms with Gasteiger partial charge in [0.05, 0.1) is 12.1 Å². The number of carbonyl (C=O) groups is 1. The molecule has 3 aromatic rings. The molecule has 22 heavy (non-hydrogen) atoms. The van der Waals surface area contributed by atoms with Crippen molar-refractivity contribution in [1.29, 1.82) is 0 Å². The van der Waals surface area contributed by atoms with E-state index >= 15 is 0 Å². The van der Waals surface area contributed by atoms with E-state index in [2.05, 4.69) is 15.3 Å². The van der Waals surface area contributed by atoms with E-state index in [1.807, 2.05) is 44.3 Å². The van der Waals surface area contributed by atoms with Crippen molar-refractivity contribution in [3.8, 4) is 0 Å². The molecule has 2 aromatic heterocycles. The van der Waals surface area contributed by atoms with Crippen LogP contribution in [0.25, 0.3) is 10.9 Å². The molecule has 0 saturated carbocycles. The molecular formula is C17H19N3O2. The van der Waals surface area contributed by atoms with Gasteiger partial charge in [-0.15, -0.1) is 0 Å². The van der Waals surface area contributed by atoms with Gasteiger partial charge in [0.2, 0.25) is 5.91 Å². The van der Waals surface area contributed by atoms with E-state index in [0.717, 1.165) is 27.9 Å². The Hall–Kier alpha value is -2.56. The van der Waals surface area contributed by atoms with Gasteiger partial charge in [-0.2, -0.15) is 0 Å². The average Bonchev–Trinajstić information content (AvgIpc) is 3.03. The lowest BCUT2D eigenvalue weighted by Crippen LogP contribution is -2.27. The van der Waals surface area contributed by atoms with Crippen LogP contribution in [0, 0.1) is 13.8 Å². The van der Waals surface area contributed by atoms with Crippen LogP contribution in [-0.4, -0.2) is 22.4 Å². The summed E-state index contributed by atoms with van der Waals surface area (Å²) >= 11 is 0. The van der Waals surface area contributed by atoms with Crippen LogP contribution in [0.5, 0.6) is 0 Å². The number of para-hydroxylation sites is 1. The highest BCUT2D eigenvalue weighted by atomic mass is 16.4. The summed E-state index contributed by atoms with van der Waals surface area (Å²) in [6.07, 6.45) is 2.93. The number of aryl methyl sites for hydroxylation is 2. The Labute approximate surface area is 128 Å². The highest BCUT2D eigenvalue weighted by Crippen LogP contribution is 2.18. The Morgan fingerprint density at radius 3 is 2.91 bits per heavy atom. The van der Waals surface area contributed by atoms with Crippen LogP contribution in [0.15, 0.2) is 34.9 Å². The molecule has 2 N–H and O–H groups in total. The van der Waals surface area contributed by atoms with Crippen LogP contribution in [0.3, 0.4) is 0 Å². The molecule has 1 aromatic carbocycles. The Morgan fingerprint density at radius 1 is 1.32 bits per heavy atom. The van der Waals surface area contributed by atoms with Gasteiger partial charge in [0, 0.05) is 37.0 Å². The number of rotatable bonds is 5. The van der Waals surface area contributed by atoms with Gasteiger partial charge >= 0.3 is 0 Å². The smallest absolute Gasteiger partial charge is 0.224 e. The number of hydrogen-bond donors (Lipinski definition) is 2. The fourth-order valence-electron chi connectivity index (χ4n) is 2.63. The summed E-state index contributed by atoms with van der Waals surface area (Å²) in [5.74, 6) is 1.51. The van der Waals surface area contributed by atoms with Gasteiger partial charge in [-0.05, 0) is 18.6 Å².